The van der Waals surface area contributed by atoms with Crippen LogP contribution >= 0.6 is 0 Å². The first-order chi connectivity index (χ1) is 13.2. The van der Waals surface area contributed by atoms with Gasteiger partial charge in [-0.3, -0.25) is 4.79 Å². The predicted molar refractivity (Wildman–Crippen MR) is 104 cm³/mol. The third-order valence-electron chi connectivity index (χ3n) is 4.20. The Bertz CT molecular complexity index is 825. The lowest BCUT2D eigenvalue weighted by Crippen LogP contribution is -2.15. The molecule has 2 aromatic carbocycles. The summed E-state index contributed by atoms with van der Waals surface area (Å²) in [4.78, 5) is 12.5. The fraction of sp³-hybridized carbons (Fsp3) is 0.318. The Labute approximate surface area is 159 Å². The van der Waals surface area contributed by atoms with E-state index in [4.69, 9.17) is 18.9 Å². The molecule has 3 rings (SSSR count). The number of fused-ring (bicyclic) bond motifs is 1. The second-order valence-electron chi connectivity index (χ2n) is 6.17. The van der Waals surface area contributed by atoms with Crippen molar-refractivity contribution < 1.29 is 23.7 Å². The molecule has 0 radical (unpaired) electrons. The van der Waals surface area contributed by atoms with E-state index in [9.17, 15) is 4.79 Å². The average Bonchev–Trinajstić information content (AvgIpc) is 2.72. The molecule has 2 aromatic rings. The molecule has 0 amide bonds. The van der Waals surface area contributed by atoms with Gasteiger partial charge in [-0.25, -0.2) is 0 Å². The fourth-order valence-corrected chi connectivity index (χ4v) is 2.70. The van der Waals surface area contributed by atoms with Crippen LogP contribution in [0.5, 0.6) is 23.0 Å². The average molecular weight is 368 g/mol. The van der Waals surface area contributed by atoms with E-state index in [1.807, 2.05) is 18.2 Å². The van der Waals surface area contributed by atoms with Gasteiger partial charge in [0.15, 0.2) is 28.8 Å². The first kappa shape index (κ1) is 18.8. The van der Waals surface area contributed by atoms with Crippen molar-refractivity contribution in [3.8, 4) is 23.0 Å². The number of benzene rings is 2. The lowest BCUT2D eigenvalue weighted by molar-refractivity contribution is 0.104. The smallest absolute Gasteiger partial charge is 0.185 e. The Hall–Kier alpha value is -2.95. The maximum Gasteiger partial charge on any atom is 0.185 e. The van der Waals surface area contributed by atoms with Gasteiger partial charge in [0, 0.05) is 5.56 Å². The number of ketones is 1. The van der Waals surface area contributed by atoms with Crippen LogP contribution in [0.2, 0.25) is 0 Å². The molecule has 0 saturated heterocycles. The van der Waals surface area contributed by atoms with Gasteiger partial charge in [0.1, 0.15) is 13.2 Å². The third-order valence-corrected chi connectivity index (χ3v) is 4.20. The van der Waals surface area contributed by atoms with Gasteiger partial charge >= 0.3 is 0 Å². The molecule has 0 fully saturated rings. The second-order valence-corrected chi connectivity index (χ2v) is 6.17. The maximum atomic E-state index is 12.5. The second kappa shape index (κ2) is 9.12. The van der Waals surface area contributed by atoms with Gasteiger partial charge in [-0.2, -0.15) is 0 Å². The van der Waals surface area contributed by atoms with E-state index in [0.29, 0.717) is 48.4 Å². The molecule has 0 bridgehead atoms. The van der Waals surface area contributed by atoms with Gasteiger partial charge in [-0.15, -0.1) is 0 Å². The summed E-state index contributed by atoms with van der Waals surface area (Å²) in [5.74, 6) is 2.54. The lowest BCUT2D eigenvalue weighted by Gasteiger charge is -2.18. The fourth-order valence-electron chi connectivity index (χ4n) is 2.70. The van der Waals surface area contributed by atoms with Crippen molar-refractivity contribution >= 4 is 11.9 Å². The number of rotatable bonds is 8. The number of ether oxygens (including phenoxy) is 4. The Morgan fingerprint density at radius 3 is 2.67 bits per heavy atom. The van der Waals surface area contributed by atoms with E-state index in [2.05, 4.69) is 6.92 Å². The molecule has 0 N–H and O–H groups in total. The highest BCUT2D eigenvalue weighted by Gasteiger charge is 2.13. The van der Waals surface area contributed by atoms with Crippen molar-refractivity contribution in [1.29, 1.82) is 0 Å². The van der Waals surface area contributed by atoms with E-state index >= 15 is 0 Å². The molecular formula is C22H24O5. The molecule has 0 aliphatic carbocycles. The van der Waals surface area contributed by atoms with E-state index in [-0.39, 0.29) is 5.78 Å². The largest absolute Gasteiger partial charge is 0.493 e. The molecular weight excluding hydrogens is 344 g/mol. The summed E-state index contributed by atoms with van der Waals surface area (Å²) >= 11 is 0. The number of hydrogen-bond donors (Lipinski definition) is 0. The van der Waals surface area contributed by atoms with Crippen LogP contribution in [0.1, 0.15) is 35.7 Å². The van der Waals surface area contributed by atoms with Gasteiger partial charge in [0.2, 0.25) is 0 Å². The van der Waals surface area contributed by atoms with Crippen molar-refractivity contribution in [2.75, 3.05) is 26.9 Å². The molecule has 1 aliphatic heterocycles. The predicted octanol–water partition coefficient (Wildman–Crippen LogP) is 4.54. The molecule has 0 unspecified atom stereocenters. The van der Waals surface area contributed by atoms with E-state index in [1.165, 1.54) is 6.08 Å². The molecule has 5 nitrogen and oxygen atoms in total. The van der Waals surface area contributed by atoms with E-state index in [1.54, 1.807) is 31.4 Å². The summed E-state index contributed by atoms with van der Waals surface area (Å²) in [7, 11) is 1.61. The summed E-state index contributed by atoms with van der Waals surface area (Å²) in [5, 5.41) is 0. The summed E-state index contributed by atoms with van der Waals surface area (Å²) in [6.07, 6.45) is 5.37. The van der Waals surface area contributed by atoms with Crippen LogP contribution in [0.4, 0.5) is 0 Å². The van der Waals surface area contributed by atoms with Crippen molar-refractivity contribution in [3.05, 3.63) is 53.6 Å². The molecule has 5 heteroatoms. The summed E-state index contributed by atoms with van der Waals surface area (Å²) in [6, 6.07) is 10.8. The molecule has 1 aliphatic rings. The van der Waals surface area contributed by atoms with Crippen molar-refractivity contribution in [2.24, 2.45) is 0 Å². The highest BCUT2D eigenvalue weighted by molar-refractivity contribution is 6.07. The van der Waals surface area contributed by atoms with Crippen LogP contribution in [-0.2, 0) is 0 Å². The van der Waals surface area contributed by atoms with E-state index < -0.39 is 0 Å². The molecule has 0 saturated carbocycles. The SMILES string of the molecule is CCCCOc1ccc(/C=C/C(=O)c2ccc3c(c2)OCCO3)cc1OC. The van der Waals surface area contributed by atoms with Crippen LogP contribution in [-0.4, -0.2) is 32.7 Å². The minimum absolute atomic E-state index is 0.103. The summed E-state index contributed by atoms with van der Waals surface area (Å²) < 4.78 is 22.1. The quantitative estimate of drug-likeness (QED) is 0.389. The van der Waals surface area contributed by atoms with Crippen LogP contribution < -0.4 is 18.9 Å². The van der Waals surface area contributed by atoms with Crippen LogP contribution in [0, 0.1) is 0 Å². The summed E-state index contributed by atoms with van der Waals surface area (Å²) in [6.45, 7) is 3.80. The highest BCUT2D eigenvalue weighted by Crippen LogP contribution is 2.31. The van der Waals surface area contributed by atoms with Crippen molar-refractivity contribution in [2.45, 2.75) is 19.8 Å². The minimum atomic E-state index is -0.103. The number of carbonyl (C=O) groups excluding carboxylic acids is 1. The zero-order valence-electron chi connectivity index (χ0n) is 15.7. The van der Waals surface area contributed by atoms with Crippen LogP contribution in [0.15, 0.2) is 42.5 Å². The first-order valence-electron chi connectivity index (χ1n) is 9.14. The normalized spacial score (nSPS) is 12.8. The number of unbranched alkanes of at least 4 members (excludes halogenated alkanes) is 1. The molecule has 1 heterocycles. The Morgan fingerprint density at radius 2 is 1.89 bits per heavy atom. The van der Waals surface area contributed by atoms with Gasteiger partial charge in [0.25, 0.3) is 0 Å². The van der Waals surface area contributed by atoms with E-state index in [0.717, 1.165) is 18.4 Å². The van der Waals surface area contributed by atoms with Gasteiger partial charge in [-0.05, 0) is 48.4 Å². The lowest BCUT2D eigenvalue weighted by atomic mass is 10.1. The third kappa shape index (κ3) is 4.82. The molecule has 0 aromatic heterocycles. The summed E-state index contributed by atoms with van der Waals surface area (Å²) in [5.41, 5.74) is 1.42. The maximum absolute atomic E-state index is 12.5. The topological polar surface area (TPSA) is 54.0 Å². The van der Waals surface area contributed by atoms with Crippen molar-refractivity contribution in [1.82, 2.24) is 0 Å². The zero-order valence-corrected chi connectivity index (χ0v) is 15.7. The molecule has 27 heavy (non-hydrogen) atoms. The molecule has 0 spiro atoms. The van der Waals surface area contributed by atoms with Crippen LogP contribution in [0.3, 0.4) is 0 Å². The number of hydrogen-bond acceptors (Lipinski definition) is 5. The van der Waals surface area contributed by atoms with Gasteiger partial charge in [-0.1, -0.05) is 25.5 Å². The minimum Gasteiger partial charge on any atom is -0.493 e. The highest BCUT2D eigenvalue weighted by atomic mass is 16.6. The number of methoxy groups -OCH3 is 1. The van der Waals surface area contributed by atoms with Gasteiger partial charge < -0.3 is 18.9 Å². The van der Waals surface area contributed by atoms with Crippen LogP contribution in [0.25, 0.3) is 6.08 Å². The molecule has 0 atom stereocenters. The number of carbonyl (C=O) groups is 1. The standard InChI is InChI=1S/C22H24O5/c1-3-4-11-25-19-9-6-16(14-21(19)24-2)5-8-18(23)17-7-10-20-22(15-17)27-13-12-26-20/h5-10,14-15H,3-4,11-13H2,1-2H3/b8-5+. The monoisotopic (exact) mass is 368 g/mol. The van der Waals surface area contributed by atoms with Gasteiger partial charge in [0.05, 0.1) is 13.7 Å². The Kier molecular flexibility index (Phi) is 6.36. The first-order valence-corrected chi connectivity index (χ1v) is 9.14. The Morgan fingerprint density at radius 1 is 1.07 bits per heavy atom. The Balaban J connectivity index is 1.70. The van der Waals surface area contributed by atoms with Crippen molar-refractivity contribution in [3.63, 3.8) is 0 Å². The molecule has 142 valence electrons. The zero-order chi connectivity index (χ0) is 19.1. The number of allylic oxidation sites excluding steroid dienone is 1.